The first-order valence-electron chi connectivity index (χ1n) is 11.8. The van der Waals surface area contributed by atoms with Crippen LogP contribution in [0.25, 0.3) is 0 Å². The third kappa shape index (κ3) is 5.47. The quantitative estimate of drug-likeness (QED) is 0.524. The van der Waals surface area contributed by atoms with E-state index < -0.39 is 15.7 Å². The van der Waals surface area contributed by atoms with Crippen LogP contribution < -0.4 is 10.0 Å². The third-order valence-electron chi connectivity index (χ3n) is 7.49. The van der Waals surface area contributed by atoms with Gasteiger partial charge in [0.15, 0.2) is 5.82 Å². The molecule has 1 spiro atoms. The molecule has 35 heavy (non-hydrogen) atoms. The van der Waals surface area contributed by atoms with Gasteiger partial charge in [0.1, 0.15) is 16.9 Å². The van der Waals surface area contributed by atoms with E-state index in [2.05, 4.69) is 60.8 Å². The summed E-state index contributed by atoms with van der Waals surface area (Å²) in [6.45, 7) is 5.88. The summed E-state index contributed by atoms with van der Waals surface area (Å²) in [5.74, 6) is 7.24. The van der Waals surface area contributed by atoms with Crippen LogP contribution in [0.4, 0.5) is 5.82 Å². The molecule has 1 aromatic carbocycles. The van der Waals surface area contributed by atoms with Gasteiger partial charge in [-0.05, 0) is 90.1 Å². The van der Waals surface area contributed by atoms with Gasteiger partial charge in [0.25, 0.3) is 0 Å². The van der Waals surface area contributed by atoms with Crippen LogP contribution in [-0.4, -0.2) is 50.8 Å². The Bertz CT molecular complexity index is 1170. The normalized spacial score (nSPS) is 19.8. The fraction of sp³-hybridized carbons (Fsp3) is 0.538. The number of hydrogen-bond acceptors (Lipinski definition) is 6. The number of fused-ring (bicyclic) bond motifs is 1. The highest BCUT2D eigenvalue weighted by atomic mass is 79.9. The van der Waals surface area contributed by atoms with Gasteiger partial charge < -0.3 is 14.7 Å². The number of ether oxygens (including phenoxy) is 1. The second-order valence-corrected chi connectivity index (χ2v) is 12.6. The van der Waals surface area contributed by atoms with Crippen molar-refractivity contribution in [1.29, 1.82) is 0 Å². The van der Waals surface area contributed by atoms with E-state index in [4.69, 9.17) is 9.88 Å². The molecule has 2 atom stereocenters. The second-order valence-electron chi connectivity index (χ2n) is 10.1. The van der Waals surface area contributed by atoms with Crippen molar-refractivity contribution in [1.82, 2.24) is 9.97 Å². The molecule has 2 aromatic rings. The fourth-order valence-electron chi connectivity index (χ4n) is 5.56. The maximum atomic E-state index is 12.4. The maximum absolute atomic E-state index is 12.4. The van der Waals surface area contributed by atoms with Crippen molar-refractivity contribution in [2.45, 2.75) is 56.8 Å². The van der Waals surface area contributed by atoms with Crippen LogP contribution in [0.5, 0.6) is 0 Å². The van der Waals surface area contributed by atoms with Gasteiger partial charge in [-0.15, -0.1) is 0 Å². The summed E-state index contributed by atoms with van der Waals surface area (Å²) in [5, 5.41) is 15.7. The summed E-state index contributed by atoms with van der Waals surface area (Å²) < 4.78 is 17.6. The summed E-state index contributed by atoms with van der Waals surface area (Å²) in [4.78, 5) is 11.2. The van der Waals surface area contributed by atoms with Gasteiger partial charge in [-0.2, -0.15) is 0 Å². The molecule has 0 saturated carbocycles. The summed E-state index contributed by atoms with van der Waals surface area (Å²) in [6.07, 6.45) is 5.34. The Kier molecular flexibility index (Phi) is 7.99. The predicted molar refractivity (Wildman–Crippen MR) is 142 cm³/mol. The standard InChI is InChI=1S/C26H33BrN4O3S/c1-25(2,35(28)33)15-21-20-13-18(5-4-12-34-3)6-7-19(20)14-26(21)8-10-31(11-9-26)24-22(17-32)30-23(27)16-29-24/h6-7,13,16,21,32H,8-12,14-15,17,28H2,1-3H3/t21-,35?/m1/s1. The van der Waals surface area contributed by atoms with Crippen molar-refractivity contribution >= 4 is 32.7 Å². The summed E-state index contributed by atoms with van der Waals surface area (Å²) in [5.41, 5.74) is 4.26. The van der Waals surface area contributed by atoms with Crippen LogP contribution in [0, 0.1) is 17.3 Å². The van der Waals surface area contributed by atoms with Crippen molar-refractivity contribution < 1.29 is 14.1 Å². The number of rotatable bonds is 6. The predicted octanol–water partition coefficient (Wildman–Crippen LogP) is 3.45. The molecule has 0 amide bonds. The molecular weight excluding hydrogens is 528 g/mol. The molecule has 1 fully saturated rings. The van der Waals surface area contributed by atoms with E-state index in [-0.39, 0.29) is 17.9 Å². The first-order chi connectivity index (χ1) is 16.7. The summed E-state index contributed by atoms with van der Waals surface area (Å²) in [7, 11) is 0.211. The number of nitrogens with two attached hydrogens (primary N) is 1. The molecule has 9 heteroatoms. The average Bonchev–Trinajstić information content (AvgIpc) is 3.11. The number of aromatic nitrogens is 2. The minimum absolute atomic E-state index is 0.0518. The number of hydrogen-bond donors (Lipinski definition) is 2. The lowest BCUT2D eigenvalue weighted by Crippen LogP contribution is -2.45. The van der Waals surface area contributed by atoms with Crippen LogP contribution in [0.15, 0.2) is 29.0 Å². The fourth-order valence-corrected chi connectivity index (χ4v) is 6.20. The monoisotopic (exact) mass is 560 g/mol. The Morgan fingerprint density at radius 3 is 2.77 bits per heavy atom. The number of halogens is 1. The Morgan fingerprint density at radius 2 is 2.11 bits per heavy atom. The molecule has 1 aromatic heterocycles. The lowest BCUT2D eigenvalue weighted by molar-refractivity contribution is 0.170. The van der Waals surface area contributed by atoms with Gasteiger partial charge in [-0.3, -0.25) is 5.14 Å². The van der Waals surface area contributed by atoms with Crippen LogP contribution in [0.1, 0.15) is 61.4 Å². The summed E-state index contributed by atoms with van der Waals surface area (Å²) >= 11 is 3.34. The Balaban J connectivity index is 1.64. The lowest BCUT2D eigenvalue weighted by atomic mass is 9.66. The number of piperidine rings is 1. The Hall–Kier alpha value is -1.83. The number of aliphatic hydroxyl groups is 1. The topological polar surface area (TPSA) is 102 Å². The van der Waals surface area contributed by atoms with Gasteiger partial charge in [-0.25, -0.2) is 14.2 Å². The smallest absolute Gasteiger partial charge is 0.152 e. The van der Waals surface area contributed by atoms with Crippen molar-refractivity contribution in [3.8, 4) is 11.8 Å². The van der Waals surface area contributed by atoms with Crippen molar-refractivity contribution in [3.05, 3.63) is 51.4 Å². The largest absolute Gasteiger partial charge is 0.390 e. The van der Waals surface area contributed by atoms with Gasteiger partial charge in [0, 0.05) is 25.8 Å². The minimum Gasteiger partial charge on any atom is -0.390 e. The zero-order chi connectivity index (χ0) is 25.2. The second kappa shape index (κ2) is 10.7. The van der Waals surface area contributed by atoms with Gasteiger partial charge >= 0.3 is 0 Å². The van der Waals surface area contributed by atoms with E-state index in [1.54, 1.807) is 13.3 Å². The molecule has 1 aliphatic heterocycles. The molecule has 188 valence electrons. The summed E-state index contributed by atoms with van der Waals surface area (Å²) in [6, 6.07) is 6.50. The Labute approximate surface area is 218 Å². The number of nitrogens with zero attached hydrogens (tertiary/aromatic N) is 3. The van der Waals surface area contributed by atoms with E-state index in [1.165, 1.54) is 11.1 Å². The highest BCUT2D eigenvalue weighted by molar-refractivity contribution is 9.10. The number of methoxy groups -OCH3 is 1. The average molecular weight is 562 g/mol. The molecule has 7 nitrogen and oxygen atoms in total. The number of anilines is 1. The van der Waals surface area contributed by atoms with E-state index in [1.807, 2.05) is 13.8 Å². The Morgan fingerprint density at radius 1 is 1.37 bits per heavy atom. The number of benzene rings is 1. The van der Waals surface area contributed by atoms with E-state index in [0.29, 0.717) is 16.9 Å². The van der Waals surface area contributed by atoms with Crippen molar-refractivity contribution in [2.75, 3.05) is 31.7 Å². The SMILES string of the molecule is COCC#Cc1ccc2c(c1)[C@@H](CC(C)(C)S(N)=O)C1(CCN(c3ncc(Br)nc3CO)CC1)C2. The molecule has 3 N–H and O–H groups in total. The highest BCUT2D eigenvalue weighted by Crippen LogP contribution is 2.56. The lowest BCUT2D eigenvalue weighted by Gasteiger charge is -2.45. The van der Waals surface area contributed by atoms with Crippen molar-refractivity contribution in [2.24, 2.45) is 10.6 Å². The first-order valence-corrected chi connectivity index (χ1v) is 13.8. The molecule has 4 rings (SSSR count). The molecule has 0 radical (unpaired) electrons. The van der Waals surface area contributed by atoms with Gasteiger partial charge in [0.2, 0.25) is 0 Å². The third-order valence-corrected chi connectivity index (χ3v) is 9.13. The van der Waals surface area contributed by atoms with Crippen LogP contribution in [0.2, 0.25) is 0 Å². The molecule has 1 aliphatic carbocycles. The van der Waals surface area contributed by atoms with E-state index in [9.17, 15) is 9.32 Å². The van der Waals surface area contributed by atoms with E-state index >= 15 is 0 Å². The first kappa shape index (κ1) is 26.2. The minimum atomic E-state index is -1.43. The molecular formula is C26H33BrN4O3S. The van der Waals surface area contributed by atoms with E-state index in [0.717, 1.165) is 50.2 Å². The van der Waals surface area contributed by atoms with Crippen LogP contribution >= 0.6 is 15.9 Å². The van der Waals surface area contributed by atoms with Crippen LogP contribution in [0.3, 0.4) is 0 Å². The van der Waals surface area contributed by atoms with Crippen LogP contribution in [-0.2, 0) is 28.8 Å². The zero-order valence-corrected chi connectivity index (χ0v) is 22.9. The van der Waals surface area contributed by atoms with Gasteiger partial charge in [0.05, 0.1) is 28.5 Å². The highest BCUT2D eigenvalue weighted by Gasteiger charge is 2.49. The number of aliphatic hydroxyl groups excluding tert-OH is 1. The van der Waals surface area contributed by atoms with Crippen molar-refractivity contribution in [3.63, 3.8) is 0 Å². The molecule has 2 aliphatic rings. The molecule has 1 unspecified atom stereocenters. The maximum Gasteiger partial charge on any atom is 0.152 e. The molecule has 0 bridgehead atoms. The molecule has 1 saturated heterocycles. The van der Waals surface area contributed by atoms with Gasteiger partial charge in [-0.1, -0.05) is 17.9 Å². The zero-order valence-electron chi connectivity index (χ0n) is 20.5. The molecule has 2 heterocycles.